The van der Waals surface area contributed by atoms with Gasteiger partial charge in [0.25, 0.3) is 5.91 Å². The summed E-state index contributed by atoms with van der Waals surface area (Å²) in [6.07, 6.45) is 4.25. The summed E-state index contributed by atoms with van der Waals surface area (Å²) in [5.74, 6) is 1.94. The molecule has 4 rings (SSSR count). The Kier molecular flexibility index (Phi) is 4.17. The first-order chi connectivity index (χ1) is 11.8. The molecule has 0 saturated carbocycles. The Balaban J connectivity index is 1.41. The average molecular weight is 343 g/mol. The second kappa shape index (κ2) is 6.60. The number of rotatable bonds is 4. The lowest BCUT2D eigenvalue weighted by atomic mass is 9.94. The fourth-order valence-corrected chi connectivity index (χ4v) is 3.70. The summed E-state index contributed by atoms with van der Waals surface area (Å²) in [5, 5.41) is 8.03. The number of likely N-dealkylation sites (tertiary alicyclic amines) is 1. The van der Waals surface area contributed by atoms with Crippen molar-refractivity contribution in [1.82, 2.24) is 15.0 Å². The largest absolute Gasteiger partial charge is 0.459 e. The molecule has 0 unspecified atom stereocenters. The number of hydrogen-bond donors (Lipinski definition) is 0. The van der Waals surface area contributed by atoms with Crippen LogP contribution in [0.4, 0.5) is 0 Å². The Morgan fingerprint density at radius 3 is 3.17 bits per heavy atom. The maximum absolute atomic E-state index is 12.4. The number of hydrogen-bond acceptors (Lipinski definition) is 6. The van der Waals surface area contributed by atoms with E-state index < -0.39 is 0 Å². The number of piperidine rings is 1. The van der Waals surface area contributed by atoms with Crippen molar-refractivity contribution < 1.29 is 13.7 Å². The topological polar surface area (TPSA) is 72.4 Å². The van der Waals surface area contributed by atoms with Gasteiger partial charge in [-0.25, -0.2) is 0 Å². The van der Waals surface area contributed by atoms with Crippen LogP contribution in [0.2, 0.25) is 0 Å². The highest BCUT2D eigenvalue weighted by Crippen LogP contribution is 2.24. The second-order valence-electron chi connectivity index (χ2n) is 5.96. The molecule has 0 N–H and O–H groups in total. The summed E-state index contributed by atoms with van der Waals surface area (Å²) >= 11 is 1.61. The van der Waals surface area contributed by atoms with Crippen molar-refractivity contribution >= 4 is 17.2 Å². The summed E-state index contributed by atoms with van der Waals surface area (Å²) in [4.78, 5) is 18.7. The zero-order chi connectivity index (χ0) is 16.4. The standard InChI is InChI=1S/C17H17N3O3S/c21-17(14-4-2-7-22-14)20-6-1-3-12(10-20)9-15-18-16(19-23-15)13-5-8-24-11-13/h2,4-5,7-8,11-12H,1,3,6,9-10H2/t12-/m1/s1. The van der Waals surface area contributed by atoms with Crippen LogP contribution in [0.15, 0.2) is 44.2 Å². The van der Waals surface area contributed by atoms with Gasteiger partial charge in [-0.2, -0.15) is 16.3 Å². The van der Waals surface area contributed by atoms with Crippen molar-refractivity contribution in [3.05, 3.63) is 46.9 Å². The van der Waals surface area contributed by atoms with E-state index in [0.717, 1.165) is 24.9 Å². The van der Waals surface area contributed by atoms with Gasteiger partial charge in [0.05, 0.1) is 6.26 Å². The van der Waals surface area contributed by atoms with Crippen molar-refractivity contribution in [2.45, 2.75) is 19.3 Å². The normalized spacial score (nSPS) is 18.0. The number of amides is 1. The lowest BCUT2D eigenvalue weighted by Crippen LogP contribution is -2.40. The first-order valence-electron chi connectivity index (χ1n) is 7.97. The van der Waals surface area contributed by atoms with Crippen LogP contribution in [0.1, 0.15) is 29.3 Å². The molecule has 1 amide bonds. The number of carbonyl (C=O) groups is 1. The number of carbonyl (C=O) groups excluding carboxylic acids is 1. The molecule has 0 bridgehead atoms. The van der Waals surface area contributed by atoms with Gasteiger partial charge >= 0.3 is 0 Å². The van der Waals surface area contributed by atoms with Gasteiger partial charge in [-0.05, 0) is 42.3 Å². The number of aromatic nitrogens is 2. The molecule has 1 aliphatic heterocycles. The molecule has 0 radical (unpaired) electrons. The Morgan fingerprint density at radius 1 is 1.42 bits per heavy atom. The molecule has 3 aromatic heterocycles. The number of thiophene rings is 1. The van der Waals surface area contributed by atoms with Crippen LogP contribution >= 0.6 is 11.3 Å². The fourth-order valence-electron chi connectivity index (χ4n) is 3.07. The molecule has 24 heavy (non-hydrogen) atoms. The van der Waals surface area contributed by atoms with E-state index in [-0.39, 0.29) is 5.91 Å². The van der Waals surface area contributed by atoms with E-state index in [1.807, 2.05) is 21.7 Å². The minimum absolute atomic E-state index is 0.0470. The molecular weight excluding hydrogens is 326 g/mol. The molecule has 1 fully saturated rings. The molecule has 1 aliphatic rings. The number of furan rings is 1. The third-order valence-electron chi connectivity index (χ3n) is 4.25. The van der Waals surface area contributed by atoms with Gasteiger partial charge in [-0.3, -0.25) is 4.79 Å². The second-order valence-corrected chi connectivity index (χ2v) is 6.74. The quantitative estimate of drug-likeness (QED) is 0.725. The third-order valence-corrected chi connectivity index (χ3v) is 4.93. The van der Waals surface area contributed by atoms with E-state index in [2.05, 4.69) is 10.1 Å². The Hall–Kier alpha value is -2.41. The average Bonchev–Trinajstić information content (AvgIpc) is 3.35. The van der Waals surface area contributed by atoms with E-state index >= 15 is 0 Å². The van der Waals surface area contributed by atoms with Crippen LogP contribution in [-0.2, 0) is 6.42 Å². The third kappa shape index (κ3) is 3.12. The lowest BCUT2D eigenvalue weighted by Gasteiger charge is -2.31. The molecule has 0 spiro atoms. The highest BCUT2D eigenvalue weighted by atomic mass is 32.1. The van der Waals surface area contributed by atoms with Crippen molar-refractivity contribution in [3.63, 3.8) is 0 Å². The summed E-state index contributed by atoms with van der Waals surface area (Å²) in [6.45, 7) is 1.45. The Morgan fingerprint density at radius 2 is 2.38 bits per heavy atom. The fraction of sp³-hybridized carbons (Fsp3) is 0.353. The summed E-state index contributed by atoms with van der Waals surface area (Å²) in [6, 6.07) is 5.42. The van der Waals surface area contributed by atoms with Gasteiger partial charge in [-0.1, -0.05) is 5.16 Å². The van der Waals surface area contributed by atoms with Gasteiger partial charge < -0.3 is 13.8 Å². The first kappa shape index (κ1) is 15.1. The first-order valence-corrected chi connectivity index (χ1v) is 8.92. The SMILES string of the molecule is O=C(c1ccco1)N1CCC[C@H](Cc2nc(-c3ccsc3)no2)C1. The maximum atomic E-state index is 12.4. The van der Waals surface area contributed by atoms with Crippen LogP contribution in [-0.4, -0.2) is 34.0 Å². The summed E-state index contributed by atoms with van der Waals surface area (Å²) in [7, 11) is 0. The predicted octanol–water partition coefficient (Wildman–Crippen LogP) is 3.49. The van der Waals surface area contributed by atoms with E-state index in [9.17, 15) is 4.79 Å². The van der Waals surface area contributed by atoms with E-state index in [1.54, 1.807) is 23.5 Å². The molecule has 1 saturated heterocycles. The molecule has 1 atom stereocenters. The summed E-state index contributed by atoms with van der Waals surface area (Å²) < 4.78 is 10.6. The van der Waals surface area contributed by atoms with E-state index in [4.69, 9.17) is 8.94 Å². The van der Waals surface area contributed by atoms with Crippen molar-refractivity contribution in [1.29, 1.82) is 0 Å². The van der Waals surface area contributed by atoms with E-state index in [0.29, 0.717) is 36.4 Å². The van der Waals surface area contributed by atoms with Crippen LogP contribution in [0.3, 0.4) is 0 Å². The summed E-state index contributed by atoms with van der Waals surface area (Å²) in [5.41, 5.74) is 0.980. The van der Waals surface area contributed by atoms with Gasteiger partial charge in [0.1, 0.15) is 0 Å². The van der Waals surface area contributed by atoms with E-state index in [1.165, 1.54) is 6.26 Å². The van der Waals surface area contributed by atoms with Gasteiger partial charge in [0, 0.05) is 30.5 Å². The van der Waals surface area contributed by atoms with Gasteiger partial charge in [0.15, 0.2) is 5.76 Å². The van der Waals surface area contributed by atoms with Crippen LogP contribution < -0.4 is 0 Å². The smallest absolute Gasteiger partial charge is 0.289 e. The van der Waals surface area contributed by atoms with Crippen LogP contribution in [0.5, 0.6) is 0 Å². The highest BCUT2D eigenvalue weighted by Gasteiger charge is 2.27. The number of nitrogens with zero attached hydrogens (tertiary/aromatic N) is 3. The lowest BCUT2D eigenvalue weighted by molar-refractivity contribution is 0.0636. The minimum Gasteiger partial charge on any atom is -0.459 e. The van der Waals surface area contributed by atoms with Crippen molar-refractivity contribution in [3.8, 4) is 11.4 Å². The van der Waals surface area contributed by atoms with Crippen molar-refractivity contribution in [2.24, 2.45) is 5.92 Å². The Bertz CT molecular complexity index is 795. The Labute approximate surface area is 143 Å². The van der Waals surface area contributed by atoms with Crippen LogP contribution in [0, 0.1) is 5.92 Å². The zero-order valence-electron chi connectivity index (χ0n) is 13.1. The zero-order valence-corrected chi connectivity index (χ0v) is 13.9. The molecule has 7 heteroatoms. The van der Waals surface area contributed by atoms with Crippen LogP contribution in [0.25, 0.3) is 11.4 Å². The predicted molar refractivity (Wildman–Crippen MR) is 88.7 cm³/mol. The molecular formula is C17H17N3O3S. The molecule has 3 aromatic rings. The van der Waals surface area contributed by atoms with Gasteiger partial charge in [-0.15, -0.1) is 0 Å². The highest BCUT2D eigenvalue weighted by molar-refractivity contribution is 7.08. The molecule has 0 aromatic carbocycles. The molecule has 6 nitrogen and oxygen atoms in total. The maximum Gasteiger partial charge on any atom is 0.289 e. The van der Waals surface area contributed by atoms with Gasteiger partial charge in [0.2, 0.25) is 11.7 Å². The van der Waals surface area contributed by atoms with Crippen molar-refractivity contribution in [2.75, 3.05) is 13.1 Å². The molecule has 4 heterocycles. The monoisotopic (exact) mass is 343 g/mol. The molecule has 124 valence electrons. The molecule has 0 aliphatic carbocycles. The minimum atomic E-state index is -0.0470.